The molecule has 1 aromatic rings. The number of aromatic amines is 1. The van der Waals surface area contributed by atoms with Gasteiger partial charge in [-0.3, -0.25) is 19.1 Å². The first-order valence-electron chi connectivity index (χ1n) is 7.77. The fourth-order valence-electron chi connectivity index (χ4n) is 2.71. The summed E-state index contributed by atoms with van der Waals surface area (Å²) in [6, 6.07) is -0.447. The van der Waals surface area contributed by atoms with Crippen molar-refractivity contribution >= 4 is 5.97 Å². The third kappa shape index (κ3) is 4.52. The molecule has 1 aliphatic rings. The summed E-state index contributed by atoms with van der Waals surface area (Å²) >= 11 is 0. The lowest BCUT2D eigenvalue weighted by molar-refractivity contribution is -0.138. The van der Waals surface area contributed by atoms with Gasteiger partial charge in [0.15, 0.2) is 6.23 Å². The molecule has 25 heavy (non-hydrogen) atoms. The Morgan fingerprint density at radius 1 is 1.28 bits per heavy atom. The standard InChI is InChI=1S/C14H22N4O7/c15-6(1-2-7(16)13(22)23)5-8-10(20)11(21)12(25-8)18-4-3-9(19)17-14(18)24/h3-4,6-8,10-12,20-21H,1-2,5,15-16H2,(H,22,23)(H,17,19,24)/t6-,7-,8+,10+,11+,12+/m0/s1. The van der Waals surface area contributed by atoms with Gasteiger partial charge in [0.1, 0.15) is 18.2 Å². The number of ether oxygens (including phenoxy) is 1. The molecule has 0 saturated carbocycles. The minimum atomic E-state index is -1.39. The van der Waals surface area contributed by atoms with Crippen LogP contribution in [0.5, 0.6) is 0 Å². The molecule has 11 nitrogen and oxygen atoms in total. The lowest BCUT2D eigenvalue weighted by Crippen LogP contribution is -2.38. The second-order valence-electron chi connectivity index (χ2n) is 6.08. The van der Waals surface area contributed by atoms with Gasteiger partial charge in [0.05, 0.1) is 6.10 Å². The van der Waals surface area contributed by atoms with E-state index >= 15 is 0 Å². The van der Waals surface area contributed by atoms with Crippen LogP contribution in [0, 0.1) is 0 Å². The summed E-state index contributed by atoms with van der Waals surface area (Å²) in [7, 11) is 0. The molecule has 140 valence electrons. The summed E-state index contributed by atoms with van der Waals surface area (Å²) in [5.74, 6) is -1.13. The molecule has 1 fully saturated rings. The third-order valence-electron chi connectivity index (χ3n) is 4.16. The second kappa shape index (κ2) is 7.89. The van der Waals surface area contributed by atoms with Gasteiger partial charge in [-0.15, -0.1) is 0 Å². The van der Waals surface area contributed by atoms with Crippen LogP contribution in [0.4, 0.5) is 0 Å². The molecule has 0 radical (unpaired) electrons. The maximum atomic E-state index is 11.8. The van der Waals surface area contributed by atoms with E-state index in [-0.39, 0.29) is 12.8 Å². The van der Waals surface area contributed by atoms with Gasteiger partial charge < -0.3 is 31.5 Å². The molecule has 0 amide bonds. The third-order valence-corrected chi connectivity index (χ3v) is 4.16. The van der Waals surface area contributed by atoms with Crippen molar-refractivity contribution in [3.05, 3.63) is 33.1 Å². The fourth-order valence-corrected chi connectivity index (χ4v) is 2.71. The maximum absolute atomic E-state index is 11.8. The number of aliphatic hydroxyl groups is 2. The second-order valence-corrected chi connectivity index (χ2v) is 6.08. The Bertz CT molecular complexity index is 718. The maximum Gasteiger partial charge on any atom is 0.330 e. The molecule has 0 spiro atoms. The van der Waals surface area contributed by atoms with Crippen molar-refractivity contribution < 1.29 is 24.9 Å². The van der Waals surface area contributed by atoms with Crippen LogP contribution in [-0.2, 0) is 9.53 Å². The molecule has 2 rings (SSSR count). The number of carboxylic acid groups (broad SMARTS) is 1. The summed E-state index contributed by atoms with van der Waals surface area (Å²) in [6.07, 6.45) is -2.95. The Balaban J connectivity index is 2.00. The highest BCUT2D eigenvalue weighted by molar-refractivity contribution is 5.72. The lowest BCUT2D eigenvalue weighted by atomic mass is 9.98. The number of H-pyrrole nitrogens is 1. The number of aromatic nitrogens is 2. The number of aliphatic hydroxyl groups excluding tert-OH is 2. The molecule has 0 aliphatic carbocycles. The van der Waals surface area contributed by atoms with E-state index in [1.165, 1.54) is 0 Å². The van der Waals surface area contributed by atoms with Crippen molar-refractivity contribution in [3.8, 4) is 0 Å². The summed E-state index contributed by atoms with van der Waals surface area (Å²) in [5, 5.41) is 29.0. The van der Waals surface area contributed by atoms with Crippen molar-refractivity contribution in [3.63, 3.8) is 0 Å². The van der Waals surface area contributed by atoms with E-state index in [2.05, 4.69) is 0 Å². The zero-order valence-electron chi connectivity index (χ0n) is 13.3. The van der Waals surface area contributed by atoms with Gasteiger partial charge in [0, 0.05) is 18.3 Å². The number of carbonyl (C=O) groups is 1. The molecule has 6 atom stereocenters. The molecular weight excluding hydrogens is 336 g/mol. The van der Waals surface area contributed by atoms with Gasteiger partial charge in [-0.05, 0) is 19.3 Å². The van der Waals surface area contributed by atoms with E-state index in [1.54, 1.807) is 0 Å². The van der Waals surface area contributed by atoms with E-state index in [1.807, 2.05) is 4.98 Å². The number of nitrogens with one attached hydrogen (secondary N) is 1. The number of aliphatic carboxylic acids is 1. The Kier molecular flexibility index (Phi) is 6.08. The first-order valence-corrected chi connectivity index (χ1v) is 7.77. The number of nitrogens with two attached hydrogens (primary N) is 2. The molecule has 1 aromatic heterocycles. The zero-order valence-corrected chi connectivity index (χ0v) is 13.3. The predicted molar refractivity (Wildman–Crippen MR) is 84.7 cm³/mol. The van der Waals surface area contributed by atoms with Gasteiger partial charge in [-0.2, -0.15) is 0 Å². The quantitative estimate of drug-likeness (QED) is 0.296. The van der Waals surface area contributed by atoms with Crippen molar-refractivity contribution in [2.24, 2.45) is 11.5 Å². The van der Waals surface area contributed by atoms with Crippen LogP contribution in [0.3, 0.4) is 0 Å². The topological polar surface area (TPSA) is 194 Å². The molecule has 11 heteroatoms. The van der Waals surface area contributed by atoms with Crippen LogP contribution in [0.1, 0.15) is 25.5 Å². The molecule has 0 bridgehead atoms. The first-order chi connectivity index (χ1) is 11.7. The number of hydrogen-bond acceptors (Lipinski definition) is 8. The minimum Gasteiger partial charge on any atom is -0.480 e. The van der Waals surface area contributed by atoms with Gasteiger partial charge in [-0.25, -0.2) is 4.79 Å². The highest BCUT2D eigenvalue weighted by Crippen LogP contribution is 2.30. The molecule has 1 saturated heterocycles. The molecule has 2 heterocycles. The average Bonchev–Trinajstić information content (AvgIpc) is 2.81. The van der Waals surface area contributed by atoms with Gasteiger partial charge in [-0.1, -0.05) is 0 Å². The Morgan fingerprint density at radius 2 is 1.96 bits per heavy atom. The SMILES string of the molecule is N[C@@H](CC[C@H](N)C(=O)O)C[C@H]1O[C@@H](n2ccc(=O)[nH]c2=O)[C@H](O)[C@@H]1O. The van der Waals surface area contributed by atoms with Gasteiger partial charge >= 0.3 is 11.7 Å². The number of carboxylic acids is 1. The zero-order chi connectivity index (χ0) is 18.7. The minimum absolute atomic E-state index is 0.138. The van der Waals surface area contributed by atoms with E-state index in [0.717, 1.165) is 16.8 Å². The fraction of sp³-hybridized carbons (Fsp3) is 0.643. The lowest BCUT2D eigenvalue weighted by Gasteiger charge is -2.20. The summed E-state index contributed by atoms with van der Waals surface area (Å²) in [6.45, 7) is 0. The van der Waals surface area contributed by atoms with E-state index < -0.39 is 53.8 Å². The number of rotatable bonds is 7. The highest BCUT2D eigenvalue weighted by Gasteiger charge is 2.44. The van der Waals surface area contributed by atoms with E-state index in [4.69, 9.17) is 21.3 Å². The van der Waals surface area contributed by atoms with Crippen LogP contribution in [0.2, 0.25) is 0 Å². The van der Waals surface area contributed by atoms with Crippen molar-refractivity contribution in [2.45, 2.75) is 55.9 Å². The normalized spacial score (nSPS) is 28.6. The summed E-state index contributed by atoms with van der Waals surface area (Å²) < 4.78 is 6.50. The Hall–Kier alpha value is -2.05. The number of nitrogens with zero attached hydrogens (tertiary/aromatic N) is 1. The molecule has 0 unspecified atom stereocenters. The smallest absolute Gasteiger partial charge is 0.330 e. The Labute approximate surface area is 141 Å². The summed E-state index contributed by atoms with van der Waals surface area (Å²) in [5.41, 5.74) is 9.94. The summed E-state index contributed by atoms with van der Waals surface area (Å²) in [4.78, 5) is 35.6. The van der Waals surface area contributed by atoms with E-state index in [0.29, 0.717) is 6.42 Å². The molecule has 8 N–H and O–H groups in total. The first kappa shape index (κ1) is 19.3. The van der Waals surface area contributed by atoms with Crippen molar-refractivity contribution in [2.75, 3.05) is 0 Å². The molecular formula is C14H22N4O7. The Morgan fingerprint density at radius 3 is 2.56 bits per heavy atom. The number of hydrogen-bond donors (Lipinski definition) is 6. The van der Waals surface area contributed by atoms with Crippen molar-refractivity contribution in [1.29, 1.82) is 0 Å². The van der Waals surface area contributed by atoms with Crippen LogP contribution >= 0.6 is 0 Å². The van der Waals surface area contributed by atoms with Crippen molar-refractivity contribution in [1.82, 2.24) is 9.55 Å². The largest absolute Gasteiger partial charge is 0.480 e. The van der Waals surface area contributed by atoms with Crippen LogP contribution in [-0.4, -0.2) is 61.2 Å². The van der Waals surface area contributed by atoms with Crippen LogP contribution in [0.15, 0.2) is 21.9 Å². The van der Waals surface area contributed by atoms with E-state index in [9.17, 15) is 24.6 Å². The van der Waals surface area contributed by atoms with Crippen LogP contribution in [0.25, 0.3) is 0 Å². The van der Waals surface area contributed by atoms with Crippen LogP contribution < -0.4 is 22.7 Å². The molecule has 0 aromatic carbocycles. The average molecular weight is 358 g/mol. The predicted octanol–water partition coefficient (Wildman–Crippen LogP) is -2.93. The monoisotopic (exact) mass is 358 g/mol. The highest BCUT2D eigenvalue weighted by atomic mass is 16.6. The van der Waals surface area contributed by atoms with Gasteiger partial charge in [0.25, 0.3) is 5.56 Å². The van der Waals surface area contributed by atoms with Gasteiger partial charge in [0.2, 0.25) is 0 Å². The molecule has 1 aliphatic heterocycles.